The number of ether oxygens (including phenoxy) is 3. The van der Waals surface area contributed by atoms with Gasteiger partial charge in [-0.25, -0.2) is 9.79 Å². The largest absolute Gasteiger partial charge is 0.497 e. The van der Waals surface area contributed by atoms with Gasteiger partial charge in [0.2, 0.25) is 0 Å². The van der Waals surface area contributed by atoms with Crippen molar-refractivity contribution in [1.29, 1.82) is 0 Å². The highest BCUT2D eigenvalue weighted by Gasteiger charge is 2.33. The Kier molecular flexibility index (Phi) is 6.46. The molecule has 3 aromatic rings. The lowest BCUT2D eigenvalue weighted by Crippen LogP contribution is -2.39. The maximum atomic E-state index is 13.6. The van der Waals surface area contributed by atoms with Crippen molar-refractivity contribution in [3.8, 4) is 11.5 Å². The first-order valence-electron chi connectivity index (χ1n) is 10.4. The molecule has 4 rings (SSSR count). The van der Waals surface area contributed by atoms with Crippen LogP contribution in [0.3, 0.4) is 0 Å². The van der Waals surface area contributed by atoms with Crippen LogP contribution in [0.5, 0.6) is 11.5 Å². The van der Waals surface area contributed by atoms with Gasteiger partial charge in [0.25, 0.3) is 5.56 Å². The summed E-state index contributed by atoms with van der Waals surface area (Å²) >= 11 is 1.28. The first kappa shape index (κ1) is 22.5. The molecule has 2 heterocycles. The maximum Gasteiger partial charge on any atom is 0.338 e. The van der Waals surface area contributed by atoms with Gasteiger partial charge in [0.05, 0.1) is 42.7 Å². The summed E-state index contributed by atoms with van der Waals surface area (Å²) in [7, 11) is 3.19. The molecule has 0 saturated carbocycles. The van der Waals surface area contributed by atoms with Crippen molar-refractivity contribution in [3.05, 3.63) is 90.6 Å². The van der Waals surface area contributed by atoms with E-state index in [1.165, 1.54) is 11.3 Å². The van der Waals surface area contributed by atoms with Crippen LogP contribution in [0.15, 0.2) is 69.6 Å². The van der Waals surface area contributed by atoms with Gasteiger partial charge >= 0.3 is 5.97 Å². The van der Waals surface area contributed by atoms with E-state index in [1.54, 1.807) is 50.8 Å². The fraction of sp³-hybridized carbons (Fsp3) is 0.240. The number of aromatic nitrogens is 1. The van der Waals surface area contributed by atoms with E-state index in [0.29, 0.717) is 32.1 Å². The van der Waals surface area contributed by atoms with Crippen molar-refractivity contribution in [1.82, 2.24) is 4.57 Å². The summed E-state index contributed by atoms with van der Waals surface area (Å²) in [5.41, 5.74) is 2.26. The third kappa shape index (κ3) is 4.34. The highest BCUT2D eigenvalue weighted by Crippen LogP contribution is 2.31. The maximum absolute atomic E-state index is 13.6. The lowest BCUT2D eigenvalue weighted by Gasteiger charge is -2.24. The number of benzene rings is 2. The molecule has 0 bridgehead atoms. The Hall–Kier alpha value is -3.65. The molecule has 7 nitrogen and oxygen atoms in total. The van der Waals surface area contributed by atoms with Crippen LogP contribution in [0.4, 0.5) is 0 Å². The Bertz CT molecular complexity index is 1400. The number of hydrogen-bond acceptors (Lipinski definition) is 7. The first-order valence-corrected chi connectivity index (χ1v) is 11.3. The lowest BCUT2D eigenvalue weighted by molar-refractivity contribution is -0.139. The number of rotatable bonds is 6. The predicted octanol–water partition coefficient (Wildman–Crippen LogP) is 2.82. The molecule has 1 aliphatic heterocycles. The number of carbonyl (C=O) groups excluding carboxylic acids is 1. The van der Waals surface area contributed by atoms with Gasteiger partial charge in [-0.15, -0.1) is 0 Å². The monoisotopic (exact) mass is 464 g/mol. The summed E-state index contributed by atoms with van der Waals surface area (Å²) < 4.78 is 18.0. The van der Waals surface area contributed by atoms with E-state index in [-0.39, 0.29) is 12.2 Å². The third-order valence-electron chi connectivity index (χ3n) is 5.34. The van der Waals surface area contributed by atoms with E-state index >= 15 is 0 Å². The quantitative estimate of drug-likeness (QED) is 0.524. The molecule has 0 saturated heterocycles. The van der Waals surface area contributed by atoms with Crippen LogP contribution in [0.25, 0.3) is 6.08 Å². The number of carbonyl (C=O) groups is 1. The van der Waals surface area contributed by atoms with Crippen molar-refractivity contribution in [2.45, 2.75) is 19.9 Å². The second-order valence-electron chi connectivity index (χ2n) is 7.35. The minimum absolute atomic E-state index is 0.225. The van der Waals surface area contributed by atoms with Gasteiger partial charge in [-0.2, -0.15) is 0 Å². The van der Waals surface area contributed by atoms with Crippen LogP contribution >= 0.6 is 11.3 Å². The number of esters is 1. The molecule has 170 valence electrons. The molecule has 0 fully saturated rings. The lowest BCUT2D eigenvalue weighted by atomic mass is 9.96. The topological polar surface area (TPSA) is 79.1 Å². The zero-order valence-electron chi connectivity index (χ0n) is 18.8. The van der Waals surface area contributed by atoms with Gasteiger partial charge in [-0.3, -0.25) is 9.36 Å². The summed E-state index contributed by atoms with van der Waals surface area (Å²) in [4.78, 5) is 31.6. The van der Waals surface area contributed by atoms with Crippen molar-refractivity contribution >= 4 is 23.4 Å². The van der Waals surface area contributed by atoms with Gasteiger partial charge < -0.3 is 14.2 Å². The van der Waals surface area contributed by atoms with Crippen LogP contribution in [0.1, 0.15) is 31.0 Å². The molecular formula is C25H24N2O5S. The van der Waals surface area contributed by atoms with Crippen molar-refractivity contribution in [3.63, 3.8) is 0 Å². The Morgan fingerprint density at radius 1 is 1.12 bits per heavy atom. The van der Waals surface area contributed by atoms with E-state index in [4.69, 9.17) is 14.2 Å². The molecule has 0 N–H and O–H groups in total. The predicted molar refractivity (Wildman–Crippen MR) is 126 cm³/mol. The van der Waals surface area contributed by atoms with Gasteiger partial charge in [0.1, 0.15) is 11.5 Å². The van der Waals surface area contributed by atoms with Crippen LogP contribution in [-0.4, -0.2) is 31.4 Å². The SMILES string of the molecule is CCOC(=O)C1=C(C)N=c2sc(=Cc3cccc(OC)c3)c(=O)n2[C@@H]1c1ccc(OC)cc1. The number of nitrogens with zero attached hydrogens (tertiary/aromatic N) is 2. The number of fused-ring (bicyclic) bond motifs is 1. The molecular weight excluding hydrogens is 440 g/mol. The first-order chi connectivity index (χ1) is 16.0. The van der Waals surface area contributed by atoms with Gasteiger partial charge in [-0.05, 0) is 55.3 Å². The molecule has 0 unspecified atom stereocenters. The zero-order chi connectivity index (χ0) is 23.5. The second kappa shape index (κ2) is 9.46. The minimum atomic E-state index is -0.654. The van der Waals surface area contributed by atoms with E-state index in [9.17, 15) is 9.59 Å². The second-order valence-corrected chi connectivity index (χ2v) is 8.36. The summed E-state index contributed by atoms with van der Waals surface area (Å²) in [5, 5.41) is 0. The van der Waals surface area contributed by atoms with Gasteiger partial charge in [0.15, 0.2) is 4.80 Å². The van der Waals surface area contributed by atoms with Crippen molar-refractivity contribution < 1.29 is 19.0 Å². The molecule has 0 radical (unpaired) electrons. The Labute approximate surface area is 194 Å². The normalized spacial score (nSPS) is 15.6. The average Bonchev–Trinajstić information content (AvgIpc) is 3.12. The van der Waals surface area contributed by atoms with Crippen LogP contribution in [0.2, 0.25) is 0 Å². The number of hydrogen-bond donors (Lipinski definition) is 0. The standard InChI is InChI=1S/C25H24N2O5S/c1-5-32-24(29)21-15(2)26-25-27(22(21)17-9-11-18(30-3)12-10-17)23(28)20(33-25)14-16-7-6-8-19(13-16)31-4/h6-14,22H,5H2,1-4H3/t22-/m1/s1. The minimum Gasteiger partial charge on any atom is -0.497 e. The zero-order valence-corrected chi connectivity index (χ0v) is 19.6. The highest BCUT2D eigenvalue weighted by molar-refractivity contribution is 7.07. The molecule has 1 atom stereocenters. The van der Waals surface area contributed by atoms with Crippen molar-refractivity contribution in [2.24, 2.45) is 4.99 Å². The van der Waals surface area contributed by atoms with Crippen LogP contribution < -0.4 is 24.4 Å². The van der Waals surface area contributed by atoms with Crippen LogP contribution in [-0.2, 0) is 9.53 Å². The summed E-state index contributed by atoms with van der Waals surface area (Å²) in [6, 6.07) is 14.1. The molecule has 2 aromatic carbocycles. The van der Waals surface area contributed by atoms with Crippen molar-refractivity contribution in [2.75, 3.05) is 20.8 Å². The number of methoxy groups -OCH3 is 2. The van der Waals surface area contributed by atoms with E-state index in [2.05, 4.69) is 4.99 Å². The molecule has 0 amide bonds. The molecule has 1 aliphatic rings. The Morgan fingerprint density at radius 2 is 1.85 bits per heavy atom. The van der Waals surface area contributed by atoms with E-state index in [1.807, 2.05) is 36.4 Å². The highest BCUT2D eigenvalue weighted by atomic mass is 32.1. The summed E-state index contributed by atoms with van der Waals surface area (Å²) in [6.07, 6.45) is 1.81. The number of thiazole rings is 1. The fourth-order valence-electron chi connectivity index (χ4n) is 3.78. The smallest absolute Gasteiger partial charge is 0.338 e. The Balaban J connectivity index is 1.93. The summed E-state index contributed by atoms with van der Waals surface area (Å²) in [5.74, 6) is 0.900. The molecule has 0 aliphatic carbocycles. The third-order valence-corrected chi connectivity index (χ3v) is 6.32. The number of allylic oxidation sites excluding steroid dienone is 1. The van der Waals surface area contributed by atoms with E-state index in [0.717, 1.165) is 11.1 Å². The average molecular weight is 465 g/mol. The van der Waals surface area contributed by atoms with Crippen LogP contribution in [0, 0.1) is 0 Å². The van der Waals surface area contributed by atoms with Gasteiger partial charge in [-0.1, -0.05) is 35.6 Å². The van der Waals surface area contributed by atoms with Gasteiger partial charge in [0, 0.05) is 0 Å². The molecule has 0 spiro atoms. The Morgan fingerprint density at radius 3 is 2.52 bits per heavy atom. The molecule has 33 heavy (non-hydrogen) atoms. The summed E-state index contributed by atoms with van der Waals surface area (Å²) in [6.45, 7) is 3.74. The molecule has 1 aromatic heterocycles. The molecule has 8 heteroatoms. The fourth-order valence-corrected chi connectivity index (χ4v) is 4.82. The van der Waals surface area contributed by atoms with E-state index < -0.39 is 12.0 Å².